The van der Waals surface area contributed by atoms with Crippen LogP contribution in [0.1, 0.15) is 41.6 Å². The number of carbonyl (C=O) groups excluding carboxylic acids is 1. The van der Waals surface area contributed by atoms with E-state index >= 15 is 0 Å². The van der Waals surface area contributed by atoms with Crippen molar-refractivity contribution in [3.63, 3.8) is 0 Å². The van der Waals surface area contributed by atoms with Gasteiger partial charge in [-0.25, -0.2) is 13.1 Å². The van der Waals surface area contributed by atoms with Gasteiger partial charge in [-0.05, 0) is 25.0 Å². The Balaban J connectivity index is 1.83. The van der Waals surface area contributed by atoms with Crippen molar-refractivity contribution in [2.45, 2.75) is 31.7 Å². The summed E-state index contributed by atoms with van der Waals surface area (Å²) in [5, 5.41) is 7.53. The first kappa shape index (κ1) is 16.8. The summed E-state index contributed by atoms with van der Waals surface area (Å²) in [5.74, 6) is 0.737. The molecule has 132 valence electrons. The highest BCUT2D eigenvalue weighted by atomic mass is 79.9. The SMILES string of the molecule is Cc1nn([C@H]2CCS(=O)(=O)C2)c2c1[C@@H](c1ccccc1Br)CC(=O)N2. The third kappa shape index (κ3) is 2.91. The van der Waals surface area contributed by atoms with E-state index in [1.54, 1.807) is 4.68 Å². The lowest BCUT2D eigenvalue weighted by molar-refractivity contribution is -0.116. The van der Waals surface area contributed by atoms with Gasteiger partial charge in [0.1, 0.15) is 5.82 Å². The molecule has 2 atom stereocenters. The molecule has 2 aliphatic heterocycles. The Morgan fingerprint density at radius 1 is 1.32 bits per heavy atom. The molecule has 0 radical (unpaired) electrons. The molecule has 1 aromatic heterocycles. The van der Waals surface area contributed by atoms with Crippen LogP contribution in [0.2, 0.25) is 0 Å². The lowest BCUT2D eigenvalue weighted by atomic mass is 9.86. The van der Waals surface area contributed by atoms with E-state index in [0.29, 0.717) is 18.7 Å². The van der Waals surface area contributed by atoms with E-state index in [0.717, 1.165) is 21.3 Å². The van der Waals surface area contributed by atoms with E-state index in [1.807, 2.05) is 31.2 Å². The van der Waals surface area contributed by atoms with E-state index in [2.05, 4.69) is 26.3 Å². The first-order valence-corrected chi connectivity index (χ1v) is 10.8. The van der Waals surface area contributed by atoms with E-state index in [9.17, 15) is 13.2 Å². The topological polar surface area (TPSA) is 81.1 Å². The Bertz CT molecular complexity index is 968. The normalized spacial score (nSPS) is 24.8. The van der Waals surface area contributed by atoms with Gasteiger partial charge in [0.15, 0.2) is 9.84 Å². The zero-order valence-electron chi connectivity index (χ0n) is 13.7. The van der Waals surface area contributed by atoms with Crippen LogP contribution in [0.5, 0.6) is 0 Å². The number of rotatable bonds is 2. The monoisotopic (exact) mass is 423 g/mol. The number of fused-ring (bicyclic) bond motifs is 1. The Kier molecular flexibility index (Phi) is 3.99. The molecule has 25 heavy (non-hydrogen) atoms. The van der Waals surface area contributed by atoms with Crippen LogP contribution >= 0.6 is 15.9 Å². The number of nitrogens with zero attached hydrogens (tertiary/aromatic N) is 2. The third-order valence-corrected chi connectivity index (χ3v) is 7.43. The molecule has 6 nitrogen and oxygen atoms in total. The number of hydrogen-bond donors (Lipinski definition) is 1. The summed E-state index contributed by atoms with van der Waals surface area (Å²) in [5.41, 5.74) is 2.86. The average Bonchev–Trinajstić information content (AvgIpc) is 3.07. The zero-order valence-corrected chi connectivity index (χ0v) is 16.1. The predicted molar refractivity (Wildman–Crippen MR) is 98.5 cm³/mol. The number of aromatic nitrogens is 2. The van der Waals surface area contributed by atoms with Gasteiger partial charge in [-0.1, -0.05) is 34.1 Å². The lowest BCUT2D eigenvalue weighted by Crippen LogP contribution is -2.26. The minimum Gasteiger partial charge on any atom is -0.311 e. The molecule has 0 unspecified atom stereocenters. The molecule has 4 rings (SSSR count). The third-order valence-electron chi connectivity index (χ3n) is 4.96. The highest BCUT2D eigenvalue weighted by Gasteiger charge is 2.37. The molecule has 0 saturated carbocycles. The van der Waals surface area contributed by atoms with Gasteiger partial charge < -0.3 is 5.32 Å². The summed E-state index contributed by atoms with van der Waals surface area (Å²) in [6.07, 6.45) is 0.885. The minimum absolute atomic E-state index is 0.0738. The molecule has 2 aliphatic rings. The van der Waals surface area contributed by atoms with Gasteiger partial charge in [0.2, 0.25) is 5.91 Å². The number of carbonyl (C=O) groups is 1. The number of amides is 1. The van der Waals surface area contributed by atoms with E-state index in [4.69, 9.17) is 0 Å². The van der Waals surface area contributed by atoms with Crippen LogP contribution in [-0.2, 0) is 14.6 Å². The number of anilines is 1. The van der Waals surface area contributed by atoms with Crippen LogP contribution in [0.4, 0.5) is 5.82 Å². The van der Waals surface area contributed by atoms with Gasteiger partial charge in [-0.3, -0.25) is 4.79 Å². The van der Waals surface area contributed by atoms with Crippen molar-refractivity contribution < 1.29 is 13.2 Å². The molecular formula is C17H18BrN3O3S. The van der Waals surface area contributed by atoms with Gasteiger partial charge in [-0.15, -0.1) is 0 Å². The van der Waals surface area contributed by atoms with Crippen molar-refractivity contribution in [2.24, 2.45) is 0 Å². The van der Waals surface area contributed by atoms with Crippen molar-refractivity contribution in [2.75, 3.05) is 16.8 Å². The Hall–Kier alpha value is -1.67. The fraction of sp³-hybridized carbons (Fsp3) is 0.412. The summed E-state index contributed by atoms with van der Waals surface area (Å²) >= 11 is 3.58. The largest absolute Gasteiger partial charge is 0.311 e. The van der Waals surface area contributed by atoms with Crippen LogP contribution in [0, 0.1) is 6.92 Å². The fourth-order valence-electron chi connectivity index (χ4n) is 3.83. The van der Waals surface area contributed by atoms with Crippen LogP contribution in [0.15, 0.2) is 28.7 Å². The minimum atomic E-state index is -3.03. The first-order chi connectivity index (χ1) is 11.9. The zero-order chi connectivity index (χ0) is 17.8. The standard InChI is InChI=1S/C17H18BrN3O3S/c1-10-16-13(12-4-2-3-5-14(12)18)8-15(22)19-17(16)21(20-10)11-6-7-25(23,24)9-11/h2-5,11,13H,6-9H2,1H3,(H,19,22)/t11-,13+/m0/s1. The van der Waals surface area contributed by atoms with Crippen molar-refractivity contribution >= 4 is 37.5 Å². The molecule has 0 spiro atoms. The maximum Gasteiger partial charge on any atom is 0.226 e. The highest BCUT2D eigenvalue weighted by Crippen LogP contribution is 2.43. The Morgan fingerprint density at radius 2 is 2.08 bits per heavy atom. The van der Waals surface area contributed by atoms with Crippen LogP contribution in [-0.4, -0.2) is 35.6 Å². The fourth-order valence-corrected chi connectivity index (χ4v) is 6.08. The molecule has 1 aromatic carbocycles. The van der Waals surface area contributed by atoms with Gasteiger partial charge in [0.25, 0.3) is 0 Å². The van der Waals surface area contributed by atoms with Crippen molar-refractivity contribution in [1.29, 1.82) is 0 Å². The summed E-state index contributed by atoms with van der Waals surface area (Å²) in [4.78, 5) is 12.3. The number of sulfone groups is 1. The quantitative estimate of drug-likeness (QED) is 0.804. The van der Waals surface area contributed by atoms with Crippen LogP contribution in [0.25, 0.3) is 0 Å². The molecule has 1 N–H and O–H groups in total. The molecule has 1 fully saturated rings. The van der Waals surface area contributed by atoms with Gasteiger partial charge in [0, 0.05) is 22.4 Å². The van der Waals surface area contributed by atoms with Crippen LogP contribution < -0.4 is 5.32 Å². The van der Waals surface area contributed by atoms with Crippen molar-refractivity contribution in [1.82, 2.24) is 9.78 Å². The molecular weight excluding hydrogens is 406 g/mol. The van der Waals surface area contributed by atoms with E-state index in [1.165, 1.54) is 0 Å². The maximum absolute atomic E-state index is 12.3. The number of hydrogen-bond acceptors (Lipinski definition) is 4. The summed E-state index contributed by atoms with van der Waals surface area (Å²) in [7, 11) is -3.03. The second-order valence-electron chi connectivity index (χ2n) is 6.68. The molecule has 8 heteroatoms. The smallest absolute Gasteiger partial charge is 0.226 e. The molecule has 3 heterocycles. The molecule has 1 amide bonds. The summed E-state index contributed by atoms with van der Waals surface area (Å²) < 4.78 is 26.4. The molecule has 2 aromatic rings. The number of halogens is 1. The number of nitrogens with one attached hydrogen (secondary N) is 1. The Morgan fingerprint density at radius 3 is 2.76 bits per heavy atom. The molecule has 0 bridgehead atoms. The number of benzene rings is 1. The van der Waals surface area contributed by atoms with Crippen molar-refractivity contribution in [3.8, 4) is 0 Å². The second-order valence-corrected chi connectivity index (χ2v) is 9.76. The maximum atomic E-state index is 12.3. The van der Waals surface area contributed by atoms with Gasteiger partial charge >= 0.3 is 0 Å². The highest BCUT2D eigenvalue weighted by molar-refractivity contribution is 9.10. The van der Waals surface area contributed by atoms with Crippen LogP contribution in [0.3, 0.4) is 0 Å². The number of aryl methyl sites for hydroxylation is 1. The average molecular weight is 424 g/mol. The van der Waals surface area contributed by atoms with E-state index in [-0.39, 0.29) is 29.4 Å². The van der Waals surface area contributed by atoms with Crippen molar-refractivity contribution in [3.05, 3.63) is 45.6 Å². The summed E-state index contributed by atoms with van der Waals surface area (Å²) in [6, 6.07) is 7.65. The summed E-state index contributed by atoms with van der Waals surface area (Å²) in [6.45, 7) is 1.92. The molecule has 0 aliphatic carbocycles. The second kappa shape index (κ2) is 5.95. The molecule has 1 saturated heterocycles. The first-order valence-electron chi connectivity index (χ1n) is 8.19. The Labute approximate surface area is 154 Å². The lowest BCUT2D eigenvalue weighted by Gasteiger charge is -2.26. The predicted octanol–water partition coefficient (Wildman–Crippen LogP) is 2.79. The van der Waals surface area contributed by atoms with Gasteiger partial charge in [0.05, 0.1) is 23.2 Å². The van der Waals surface area contributed by atoms with Gasteiger partial charge in [-0.2, -0.15) is 5.10 Å². The van der Waals surface area contributed by atoms with E-state index < -0.39 is 9.84 Å².